The maximum atomic E-state index is 4.24. The average Bonchev–Trinajstić information content (AvgIpc) is 2.76. The molecule has 0 aliphatic rings. The molecule has 0 saturated carbocycles. The van der Waals surface area contributed by atoms with E-state index >= 15 is 0 Å². The van der Waals surface area contributed by atoms with Crippen molar-refractivity contribution < 1.29 is 0 Å². The molecule has 0 saturated heterocycles. The Morgan fingerprint density at radius 3 is 2.88 bits per heavy atom. The van der Waals surface area contributed by atoms with E-state index in [0.717, 1.165) is 28.9 Å². The molecule has 0 spiro atoms. The van der Waals surface area contributed by atoms with Crippen LogP contribution in [0.15, 0.2) is 35.2 Å². The van der Waals surface area contributed by atoms with E-state index < -0.39 is 0 Å². The van der Waals surface area contributed by atoms with Gasteiger partial charge in [0.25, 0.3) is 0 Å². The highest BCUT2D eigenvalue weighted by Gasteiger charge is 1.98. The summed E-state index contributed by atoms with van der Waals surface area (Å²) in [6.07, 6.45) is 5.68. The van der Waals surface area contributed by atoms with Crippen LogP contribution in [0.4, 0.5) is 5.82 Å². The van der Waals surface area contributed by atoms with Crippen LogP contribution < -0.4 is 5.32 Å². The molecular formula is C11H13BrN4. The summed E-state index contributed by atoms with van der Waals surface area (Å²) in [6, 6.07) is 3.90. The molecule has 0 aromatic carbocycles. The normalized spacial score (nSPS) is 10.4. The van der Waals surface area contributed by atoms with E-state index in [4.69, 9.17) is 0 Å². The number of anilines is 1. The zero-order chi connectivity index (χ0) is 11.4. The van der Waals surface area contributed by atoms with Crippen molar-refractivity contribution in [1.29, 1.82) is 0 Å². The molecular weight excluding hydrogens is 268 g/mol. The molecule has 2 aromatic heterocycles. The van der Waals surface area contributed by atoms with Crippen LogP contribution in [-0.2, 0) is 13.1 Å². The minimum atomic E-state index is 0.745. The molecule has 1 N–H and O–H groups in total. The van der Waals surface area contributed by atoms with Gasteiger partial charge in [0.2, 0.25) is 0 Å². The lowest BCUT2D eigenvalue weighted by Crippen LogP contribution is -2.00. The number of pyridine rings is 1. The van der Waals surface area contributed by atoms with Gasteiger partial charge in [-0.05, 0) is 35.0 Å². The van der Waals surface area contributed by atoms with Crippen molar-refractivity contribution in [2.24, 2.45) is 0 Å². The van der Waals surface area contributed by atoms with Gasteiger partial charge in [-0.3, -0.25) is 4.68 Å². The number of halogens is 1. The van der Waals surface area contributed by atoms with Gasteiger partial charge in [0.15, 0.2) is 0 Å². The molecule has 0 fully saturated rings. The Balaban J connectivity index is 1.94. The standard InChI is InChI=1S/C11H13BrN4/c1-2-16-8-9(6-15-16)5-13-11-4-3-10(12)7-14-11/h3-4,6-8H,2,5H2,1H3,(H,13,14). The lowest BCUT2D eigenvalue weighted by molar-refractivity contribution is 0.659. The molecule has 0 aliphatic heterocycles. The largest absolute Gasteiger partial charge is 0.366 e. The Labute approximate surface area is 103 Å². The fourth-order valence-corrected chi connectivity index (χ4v) is 1.58. The van der Waals surface area contributed by atoms with Crippen molar-refractivity contribution in [3.05, 3.63) is 40.8 Å². The highest BCUT2D eigenvalue weighted by molar-refractivity contribution is 9.10. The van der Waals surface area contributed by atoms with Gasteiger partial charge < -0.3 is 5.32 Å². The third kappa shape index (κ3) is 2.82. The van der Waals surface area contributed by atoms with Crippen molar-refractivity contribution in [1.82, 2.24) is 14.8 Å². The maximum Gasteiger partial charge on any atom is 0.126 e. The second-order valence-corrected chi connectivity index (χ2v) is 4.34. The molecule has 0 amide bonds. The van der Waals surface area contributed by atoms with Crippen LogP contribution >= 0.6 is 15.9 Å². The predicted octanol–water partition coefficient (Wildman–Crippen LogP) is 2.67. The smallest absolute Gasteiger partial charge is 0.126 e. The SMILES string of the molecule is CCn1cc(CNc2ccc(Br)cn2)cn1. The van der Waals surface area contributed by atoms with Crippen LogP contribution in [-0.4, -0.2) is 14.8 Å². The van der Waals surface area contributed by atoms with Gasteiger partial charge in [0.1, 0.15) is 5.82 Å². The van der Waals surface area contributed by atoms with Crippen LogP contribution in [0.1, 0.15) is 12.5 Å². The van der Waals surface area contributed by atoms with E-state index in [0.29, 0.717) is 0 Å². The summed E-state index contributed by atoms with van der Waals surface area (Å²) in [5, 5.41) is 7.45. The number of hydrogen-bond donors (Lipinski definition) is 1. The lowest BCUT2D eigenvalue weighted by atomic mass is 10.3. The Bertz CT molecular complexity index is 449. The van der Waals surface area contributed by atoms with Gasteiger partial charge in [-0.25, -0.2) is 4.98 Å². The highest BCUT2D eigenvalue weighted by Crippen LogP contribution is 2.11. The van der Waals surface area contributed by atoms with Gasteiger partial charge in [0, 0.05) is 35.5 Å². The number of nitrogens with one attached hydrogen (secondary N) is 1. The molecule has 0 atom stereocenters. The average molecular weight is 281 g/mol. The first-order valence-corrected chi connectivity index (χ1v) is 5.94. The van der Waals surface area contributed by atoms with Crippen LogP contribution in [0.3, 0.4) is 0 Å². The third-order valence-corrected chi connectivity index (χ3v) is 2.68. The molecule has 16 heavy (non-hydrogen) atoms. The number of aromatic nitrogens is 3. The molecule has 4 nitrogen and oxygen atoms in total. The molecule has 5 heteroatoms. The van der Waals surface area contributed by atoms with Crippen LogP contribution in [0.2, 0.25) is 0 Å². The first-order chi connectivity index (χ1) is 7.78. The van der Waals surface area contributed by atoms with E-state index in [9.17, 15) is 0 Å². The number of nitrogens with zero attached hydrogens (tertiary/aromatic N) is 3. The van der Waals surface area contributed by atoms with Crippen molar-refractivity contribution in [2.45, 2.75) is 20.0 Å². The number of aryl methyl sites for hydroxylation is 1. The third-order valence-electron chi connectivity index (χ3n) is 2.21. The monoisotopic (exact) mass is 280 g/mol. The van der Waals surface area contributed by atoms with E-state index in [1.165, 1.54) is 0 Å². The number of rotatable bonds is 4. The minimum absolute atomic E-state index is 0.745. The summed E-state index contributed by atoms with van der Waals surface area (Å²) < 4.78 is 2.89. The van der Waals surface area contributed by atoms with E-state index in [2.05, 4.69) is 38.3 Å². The van der Waals surface area contributed by atoms with E-state index in [1.807, 2.05) is 29.2 Å². The second kappa shape index (κ2) is 5.12. The van der Waals surface area contributed by atoms with Gasteiger partial charge in [-0.2, -0.15) is 5.10 Å². The van der Waals surface area contributed by atoms with E-state index in [1.54, 1.807) is 6.20 Å². The summed E-state index contributed by atoms with van der Waals surface area (Å²) in [7, 11) is 0. The zero-order valence-electron chi connectivity index (χ0n) is 9.02. The highest BCUT2D eigenvalue weighted by atomic mass is 79.9. The quantitative estimate of drug-likeness (QED) is 0.937. The Kier molecular flexibility index (Phi) is 3.56. The van der Waals surface area contributed by atoms with Crippen LogP contribution in [0.5, 0.6) is 0 Å². The summed E-state index contributed by atoms with van der Waals surface area (Å²) in [4.78, 5) is 4.24. The Morgan fingerprint density at radius 1 is 1.38 bits per heavy atom. The van der Waals surface area contributed by atoms with Gasteiger partial charge in [-0.1, -0.05) is 0 Å². The first kappa shape index (κ1) is 11.1. The van der Waals surface area contributed by atoms with Crippen molar-refractivity contribution in [3.63, 3.8) is 0 Å². The van der Waals surface area contributed by atoms with Gasteiger partial charge in [-0.15, -0.1) is 0 Å². The fraction of sp³-hybridized carbons (Fsp3) is 0.273. The Morgan fingerprint density at radius 2 is 2.25 bits per heavy atom. The molecule has 0 unspecified atom stereocenters. The van der Waals surface area contributed by atoms with Gasteiger partial charge in [0.05, 0.1) is 6.20 Å². The zero-order valence-corrected chi connectivity index (χ0v) is 10.6. The van der Waals surface area contributed by atoms with E-state index in [-0.39, 0.29) is 0 Å². The molecule has 0 radical (unpaired) electrons. The number of hydrogen-bond acceptors (Lipinski definition) is 3. The summed E-state index contributed by atoms with van der Waals surface area (Å²) >= 11 is 3.35. The molecule has 0 bridgehead atoms. The summed E-state index contributed by atoms with van der Waals surface area (Å²) in [5.74, 6) is 0.868. The molecule has 2 aromatic rings. The Hall–Kier alpha value is -1.36. The minimum Gasteiger partial charge on any atom is -0.366 e. The molecule has 0 aliphatic carbocycles. The lowest BCUT2D eigenvalue weighted by Gasteiger charge is -2.02. The van der Waals surface area contributed by atoms with Crippen molar-refractivity contribution in [2.75, 3.05) is 5.32 Å². The molecule has 2 heterocycles. The van der Waals surface area contributed by atoms with Crippen molar-refractivity contribution >= 4 is 21.7 Å². The molecule has 84 valence electrons. The molecule has 2 rings (SSSR count). The summed E-state index contributed by atoms with van der Waals surface area (Å²) in [6.45, 7) is 3.71. The predicted molar refractivity (Wildman–Crippen MR) is 67.2 cm³/mol. The maximum absolute atomic E-state index is 4.24. The van der Waals surface area contributed by atoms with Crippen LogP contribution in [0, 0.1) is 0 Å². The van der Waals surface area contributed by atoms with Crippen LogP contribution in [0.25, 0.3) is 0 Å². The summed E-state index contributed by atoms with van der Waals surface area (Å²) in [5.41, 5.74) is 1.16. The fourth-order valence-electron chi connectivity index (χ4n) is 1.34. The van der Waals surface area contributed by atoms with Gasteiger partial charge >= 0.3 is 0 Å². The topological polar surface area (TPSA) is 42.7 Å². The first-order valence-electron chi connectivity index (χ1n) is 5.14. The second-order valence-electron chi connectivity index (χ2n) is 3.42. The van der Waals surface area contributed by atoms with Crippen molar-refractivity contribution in [3.8, 4) is 0 Å².